The molecule has 0 heterocycles. The average Bonchev–Trinajstić information content (AvgIpc) is 2.35. The van der Waals surface area contributed by atoms with Crippen LogP contribution in [0.5, 0.6) is 0 Å². The number of aliphatic carboxylic acids is 1. The number of ketones is 1. The maximum absolute atomic E-state index is 11.5. The Morgan fingerprint density at radius 3 is 2.39 bits per heavy atom. The molecule has 0 saturated heterocycles. The van der Waals surface area contributed by atoms with E-state index < -0.39 is 30.1 Å². The van der Waals surface area contributed by atoms with E-state index >= 15 is 0 Å². The summed E-state index contributed by atoms with van der Waals surface area (Å²) in [6.45, 7) is 1.42. The predicted octanol–water partition coefficient (Wildman–Crippen LogP) is 1.41. The molecule has 96 valence electrons. The predicted molar refractivity (Wildman–Crippen MR) is 62.7 cm³/mol. The van der Waals surface area contributed by atoms with Gasteiger partial charge in [-0.15, -0.1) is 0 Å². The topological polar surface area (TPSA) is 80.7 Å². The highest BCUT2D eigenvalue weighted by molar-refractivity contribution is 6.05. The summed E-state index contributed by atoms with van der Waals surface area (Å²) in [6, 6.07) is 9.03. The van der Waals surface area contributed by atoms with Crippen LogP contribution in [0.2, 0.25) is 0 Å². The first-order valence-electron chi connectivity index (χ1n) is 5.45. The van der Waals surface area contributed by atoms with Crippen LogP contribution in [0.15, 0.2) is 30.3 Å². The zero-order chi connectivity index (χ0) is 13.5. The molecule has 0 amide bonds. The monoisotopic (exact) mass is 250 g/mol. The van der Waals surface area contributed by atoms with E-state index in [2.05, 4.69) is 0 Å². The van der Waals surface area contributed by atoms with Gasteiger partial charge in [-0.3, -0.25) is 14.4 Å². The van der Waals surface area contributed by atoms with Crippen LogP contribution < -0.4 is 0 Å². The third-order valence-corrected chi connectivity index (χ3v) is 2.39. The Hall–Kier alpha value is -2.17. The average molecular weight is 250 g/mol. The summed E-state index contributed by atoms with van der Waals surface area (Å²) in [5.74, 6) is -3.65. The third-order valence-electron chi connectivity index (χ3n) is 2.39. The number of rotatable bonds is 6. The van der Waals surface area contributed by atoms with Gasteiger partial charge in [0.15, 0.2) is 5.78 Å². The van der Waals surface area contributed by atoms with Gasteiger partial charge in [-0.2, -0.15) is 0 Å². The first-order valence-corrected chi connectivity index (χ1v) is 5.45. The fourth-order valence-corrected chi connectivity index (χ4v) is 1.29. The SMILES string of the molecule is CC(C(=O)CC(=O)O)C(=O)OCc1ccccc1. The van der Waals surface area contributed by atoms with Gasteiger partial charge in [0, 0.05) is 0 Å². The molecule has 0 aromatic heterocycles. The minimum absolute atomic E-state index is 0.0738. The van der Waals surface area contributed by atoms with Gasteiger partial charge in [0.05, 0.1) is 0 Å². The Morgan fingerprint density at radius 2 is 1.83 bits per heavy atom. The minimum Gasteiger partial charge on any atom is -0.481 e. The van der Waals surface area contributed by atoms with Gasteiger partial charge in [-0.1, -0.05) is 30.3 Å². The zero-order valence-electron chi connectivity index (χ0n) is 9.96. The molecule has 0 aliphatic carbocycles. The van der Waals surface area contributed by atoms with E-state index in [0.717, 1.165) is 5.56 Å². The Kier molecular flexibility index (Phi) is 5.05. The van der Waals surface area contributed by atoms with Gasteiger partial charge in [0.2, 0.25) is 0 Å². The number of ether oxygens (including phenoxy) is 1. The zero-order valence-corrected chi connectivity index (χ0v) is 9.96. The summed E-state index contributed by atoms with van der Waals surface area (Å²) < 4.78 is 4.94. The highest BCUT2D eigenvalue weighted by Crippen LogP contribution is 2.07. The second kappa shape index (κ2) is 6.54. The molecule has 0 radical (unpaired) electrons. The molecule has 0 aliphatic rings. The quantitative estimate of drug-likeness (QED) is 0.609. The van der Waals surface area contributed by atoms with Crippen molar-refractivity contribution in [2.45, 2.75) is 20.0 Å². The van der Waals surface area contributed by atoms with Crippen LogP contribution in [-0.4, -0.2) is 22.8 Å². The molecule has 1 atom stereocenters. The number of hydrogen-bond acceptors (Lipinski definition) is 4. The van der Waals surface area contributed by atoms with Crippen LogP contribution in [0.4, 0.5) is 0 Å². The van der Waals surface area contributed by atoms with Crippen molar-refractivity contribution >= 4 is 17.7 Å². The largest absolute Gasteiger partial charge is 0.481 e. The van der Waals surface area contributed by atoms with E-state index in [4.69, 9.17) is 9.84 Å². The third kappa shape index (κ3) is 4.37. The molecule has 5 nitrogen and oxygen atoms in total. The van der Waals surface area contributed by atoms with Gasteiger partial charge in [-0.25, -0.2) is 0 Å². The summed E-state index contributed by atoms with van der Waals surface area (Å²) in [4.78, 5) is 33.2. The van der Waals surface area contributed by atoms with Crippen LogP contribution in [0.1, 0.15) is 18.9 Å². The van der Waals surface area contributed by atoms with E-state index in [1.807, 2.05) is 18.2 Å². The van der Waals surface area contributed by atoms with Crippen LogP contribution in [0, 0.1) is 5.92 Å². The Morgan fingerprint density at radius 1 is 1.22 bits per heavy atom. The number of benzene rings is 1. The van der Waals surface area contributed by atoms with E-state index in [1.54, 1.807) is 12.1 Å². The Bertz CT molecular complexity index is 438. The smallest absolute Gasteiger partial charge is 0.316 e. The lowest BCUT2D eigenvalue weighted by Crippen LogP contribution is -2.25. The molecular formula is C13H14O5. The van der Waals surface area contributed by atoms with Crippen molar-refractivity contribution in [3.05, 3.63) is 35.9 Å². The first-order chi connectivity index (χ1) is 8.50. The first kappa shape index (κ1) is 13.9. The summed E-state index contributed by atoms with van der Waals surface area (Å²) in [5, 5.41) is 8.45. The van der Waals surface area contributed by atoms with Crippen LogP contribution in [-0.2, 0) is 25.7 Å². The van der Waals surface area contributed by atoms with Gasteiger partial charge < -0.3 is 9.84 Å². The fraction of sp³-hybridized carbons (Fsp3) is 0.308. The molecule has 1 rings (SSSR count). The molecule has 0 fully saturated rings. The second-order valence-electron chi connectivity index (χ2n) is 3.85. The number of hydrogen-bond donors (Lipinski definition) is 1. The summed E-state index contributed by atoms with van der Waals surface area (Å²) in [6.07, 6.45) is -0.665. The molecule has 18 heavy (non-hydrogen) atoms. The highest BCUT2D eigenvalue weighted by Gasteiger charge is 2.24. The molecule has 1 N–H and O–H groups in total. The Labute approximate surface area is 104 Å². The number of carboxylic acid groups (broad SMARTS) is 1. The molecular weight excluding hydrogens is 236 g/mol. The second-order valence-corrected chi connectivity index (χ2v) is 3.85. The van der Waals surface area contributed by atoms with E-state index in [0.29, 0.717) is 0 Å². The van der Waals surface area contributed by atoms with Crippen molar-refractivity contribution in [2.75, 3.05) is 0 Å². The van der Waals surface area contributed by atoms with Crippen molar-refractivity contribution in [3.8, 4) is 0 Å². The maximum Gasteiger partial charge on any atom is 0.316 e. The number of esters is 1. The highest BCUT2D eigenvalue weighted by atomic mass is 16.5. The maximum atomic E-state index is 11.5. The fourth-order valence-electron chi connectivity index (χ4n) is 1.29. The van der Waals surface area contributed by atoms with E-state index in [1.165, 1.54) is 6.92 Å². The van der Waals surface area contributed by atoms with Gasteiger partial charge in [0.25, 0.3) is 0 Å². The van der Waals surface area contributed by atoms with E-state index in [-0.39, 0.29) is 6.61 Å². The van der Waals surface area contributed by atoms with Crippen molar-refractivity contribution < 1.29 is 24.2 Å². The number of carbonyl (C=O) groups excluding carboxylic acids is 2. The molecule has 0 saturated carbocycles. The molecule has 1 unspecified atom stereocenters. The van der Waals surface area contributed by atoms with Crippen LogP contribution in [0.3, 0.4) is 0 Å². The molecule has 5 heteroatoms. The summed E-state index contributed by atoms with van der Waals surface area (Å²) in [7, 11) is 0. The minimum atomic E-state index is -1.25. The van der Waals surface area contributed by atoms with Crippen molar-refractivity contribution in [1.29, 1.82) is 0 Å². The van der Waals surface area contributed by atoms with Crippen molar-refractivity contribution in [3.63, 3.8) is 0 Å². The summed E-state index contributed by atoms with van der Waals surface area (Å²) in [5.41, 5.74) is 0.809. The molecule has 0 bridgehead atoms. The lowest BCUT2D eigenvalue weighted by Gasteiger charge is -2.09. The molecule has 0 spiro atoms. The van der Waals surface area contributed by atoms with Gasteiger partial charge in [-0.05, 0) is 12.5 Å². The number of Topliss-reactive ketones (excluding diaryl/α,β-unsaturated/α-hetero) is 1. The molecule has 1 aromatic rings. The van der Waals surface area contributed by atoms with Crippen molar-refractivity contribution in [1.82, 2.24) is 0 Å². The van der Waals surface area contributed by atoms with E-state index in [9.17, 15) is 14.4 Å². The van der Waals surface area contributed by atoms with Crippen molar-refractivity contribution in [2.24, 2.45) is 5.92 Å². The molecule has 0 aliphatic heterocycles. The van der Waals surface area contributed by atoms with Crippen LogP contribution in [0.25, 0.3) is 0 Å². The number of carbonyl (C=O) groups is 3. The lowest BCUT2D eigenvalue weighted by molar-refractivity contribution is -0.153. The lowest BCUT2D eigenvalue weighted by atomic mass is 10.0. The number of carboxylic acids is 1. The summed E-state index contributed by atoms with van der Waals surface area (Å²) >= 11 is 0. The van der Waals surface area contributed by atoms with Gasteiger partial charge in [0.1, 0.15) is 18.9 Å². The van der Waals surface area contributed by atoms with Crippen LogP contribution >= 0.6 is 0 Å². The van der Waals surface area contributed by atoms with Gasteiger partial charge >= 0.3 is 11.9 Å². The molecule has 1 aromatic carbocycles. The normalized spacial score (nSPS) is 11.6. The standard InChI is InChI=1S/C13H14O5/c1-9(11(14)7-12(15)16)13(17)18-8-10-5-3-2-4-6-10/h2-6,9H,7-8H2,1H3,(H,15,16). The Balaban J connectivity index is 2.45.